The molecule has 18 heavy (non-hydrogen) atoms. The van der Waals surface area contributed by atoms with Crippen LogP contribution in [0, 0.1) is 0 Å². The van der Waals surface area contributed by atoms with Crippen molar-refractivity contribution in [1.82, 2.24) is 15.1 Å². The molecular weight excluding hydrogens is 228 g/mol. The average Bonchev–Trinajstić information content (AvgIpc) is 2.86. The number of carbonyl (C=O) groups excluding carboxylic acids is 1. The van der Waals surface area contributed by atoms with Gasteiger partial charge in [-0.1, -0.05) is 25.1 Å². The molecule has 2 rings (SSSR count). The molecule has 0 unspecified atom stereocenters. The summed E-state index contributed by atoms with van der Waals surface area (Å²) in [6, 6.07) is 11.3. The summed E-state index contributed by atoms with van der Waals surface area (Å²) in [5.41, 5.74) is 0.958. The van der Waals surface area contributed by atoms with Crippen molar-refractivity contribution in [2.24, 2.45) is 0 Å². The monoisotopic (exact) mass is 244 g/mol. The number of aromatic nitrogens is 2. The van der Waals surface area contributed by atoms with Gasteiger partial charge in [-0.15, -0.1) is 5.10 Å². The Morgan fingerprint density at radius 2 is 2.06 bits per heavy atom. The number of hydrogen-bond donors (Lipinski definition) is 2. The first kappa shape index (κ1) is 12.2. The maximum absolute atomic E-state index is 11.4. The Labute approximate surface area is 106 Å². The second kappa shape index (κ2) is 5.86. The van der Waals surface area contributed by atoms with Gasteiger partial charge in [-0.2, -0.15) is 0 Å². The lowest BCUT2D eigenvalue weighted by Gasteiger charge is -2.03. The van der Waals surface area contributed by atoms with Crippen LogP contribution in [-0.2, 0) is 0 Å². The predicted octanol–water partition coefficient (Wildman–Crippen LogP) is 2.40. The molecule has 0 aliphatic rings. The first-order valence-electron chi connectivity index (χ1n) is 5.95. The Morgan fingerprint density at radius 1 is 1.28 bits per heavy atom. The van der Waals surface area contributed by atoms with Gasteiger partial charge in [-0.25, -0.2) is 9.48 Å². The molecule has 0 saturated carbocycles. The predicted molar refractivity (Wildman–Crippen MR) is 70.9 cm³/mol. The summed E-state index contributed by atoms with van der Waals surface area (Å²) in [5.74, 6) is 0.535. The van der Waals surface area contributed by atoms with Gasteiger partial charge in [0.05, 0.1) is 5.69 Å². The van der Waals surface area contributed by atoms with E-state index >= 15 is 0 Å². The average molecular weight is 244 g/mol. The van der Waals surface area contributed by atoms with E-state index in [1.54, 1.807) is 10.7 Å². The van der Waals surface area contributed by atoms with E-state index in [2.05, 4.69) is 15.7 Å². The summed E-state index contributed by atoms with van der Waals surface area (Å²) in [4.78, 5) is 11.4. The maximum atomic E-state index is 11.4. The number of nitrogens with one attached hydrogen (secondary N) is 2. The lowest BCUT2D eigenvalue weighted by molar-refractivity contribution is 0.252. The number of amides is 2. The van der Waals surface area contributed by atoms with Gasteiger partial charge in [0.2, 0.25) is 0 Å². The third-order valence-corrected chi connectivity index (χ3v) is 2.39. The number of rotatable bonds is 4. The zero-order chi connectivity index (χ0) is 12.8. The summed E-state index contributed by atoms with van der Waals surface area (Å²) in [7, 11) is 0. The zero-order valence-corrected chi connectivity index (χ0v) is 10.3. The molecular formula is C13H16N4O. The van der Waals surface area contributed by atoms with Gasteiger partial charge in [-0.3, -0.25) is 5.32 Å². The van der Waals surface area contributed by atoms with E-state index in [0.717, 1.165) is 12.1 Å². The summed E-state index contributed by atoms with van der Waals surface area (Å²) >= 11 is 0. The van der Waals surface area contributed by atoms with E-state index in [4.69, 9.17) is 0 Å². The Kier molecular flexibility index (Phi) is 3.96. The van der Waals surface area contributed by atoms with Crippen molar-refractivity contribution in [3.05, 3.63) is 42.6 Å². The Bertz CT molecular complexity index is 507. The summed E-state index contributed by atoms with van der Waals surface area (Å²) < 4.78 is 1.72. The first-order chi connectivity index (χ1) is 8.79. The molecule has 0 bridgehead atoms. The van der Waals surface area contributed by atoms with Crippen molar-refractivity contribution in [3.63, 3.8) is 0 Å². The van der Waals surface area contributed by atoms with E-state index in [-0.39, 0.29) is 6.03 Å². The van der Waals surface area contributed by atoms with E-state index in [9.17, 15) is 4.79 Å². The van der Waals surface area contributed by atoms with Crippen molar-refractivity contribution >= 4 is 11.8 Å². The molecule has 0 fully saturated rings. The highest BCUT2D eigenvalue weighted by Crippen LogP contribution is 2.09. The fraction of sp³-hybridized carbons (Fsp3) is 0.231. The van der Waals surface area contributed by atoms with Gasteiger partial charge >= 0.3 is 6.03 Å². The number of nitrogens with zero attached hydrogens (tertiary/aromatic N) is 2. The standard InChI is InChI=1S/C13H16N4O/c1-2-9-14-13(18)15-12-8-10-17(16-12)11-6-4-3-5-7-11/h3-8,10H,2,9H2,1H3,(H2,14,15,16,18). The van der Waals surface area contributed by atoms with Crippen molar-refractivity contribution in [2.75, 3.05) is 11.9 Å². The smallest absolute Gasteiger partial charge is 0.320 e. The molecule has 0 saturated heterocycles. The molecule has 0 aliphatic heterocycles. The minimum absolute atomic E-state index is 0.227. The van der Waals surface area contributed by atoms with Crippen LogP contribution in [0.5, 0.6) is 0 Å². The van der Waals surface area contributed by atoms with Crippen LogP contribution >= 0.6 is 0 Å². The molecule has 5 nitrogen and oxygen atoms in total. The fourth-order valence-corrected chi connectivity index (χ4v) is 1.51. The zero-order valence-electron chi connectivity index (χ0n) is 10.3. The minimum Gasteiger partial charge on any atom is -0.338 e. The number of para-hydroxylation sites is 1. The molecule has 0 aliphatic carbocycles. The molecule has 1 aromatic heterocycles. The van der Waals surface area contributed by atoms with Gasteiger partial charge in [0.1, 0.15) is 0 Å². The molecule has 2 amide bonds. The van der Waals surface area contributed by atoms with E-state index in [1.807, 2.05) is 43.5 Å². The number of hydrogen-bond acceptors (Lipinski definition) is 2. The number of anilines is 1. The highest BCUT2D eigenvalue weighted by molar-refractivity contribution is 5.88. The second-order valence-corrected chi connectivity index (χ2v) is 3.86. The molecule has 1 heterocycles. The van der Waals surface area contributed by atoms with Crippen molar-refractivity contribution in [3.8, 4) is 5.69 Å². The van der Waals surface area contributed by atoms with Gasteiger partial charge in [0.15, 0.2) is 5.82 Å². The van der Waals surface area contributed by atoms with E-state index < -0.39 is 0 Å². The summed E-state index contributed by atoms with van der Waals surface area (Å²) in [5, 5.41) is 9.69. The van der Waals surface area contributed by atoms with Crippen LogP contribution in [0.4, 0.5) is 10.6 Å². The third kappa shape index (κ3) is 3.10. The lowest BCUT2D eigenvalue weighted by Crippen LogP contribution is -2.29. The number of carbonyl (C=O) groups is 1. The Balaban J connectivity index is 2.00. The van der Waals surface area contributed by atoms with Crippen LogP contribution in [0.15, 0.2) is 42.6 Å². The Hall–Kier alpha value is -2.30. The minimum atomic E-state index is -0.227. The van der Waals surface area contributed by atoms with E-state index in [1.165, 1.54) is 0 Å². The second-order valence-electron chi connectivity index (χ2n) is 3.86. The summed E-state index contributed by atoms with van der Waals surface area (Å²) in [6.45, 7) is 2.66. The van der Waals surface area contributed by atoms with Crippen LogP contribution in [0.25, 0.3) is 5.69 Å². The van der Waals surface area contributed by atoms with Crippen LogP contribution in [-0.4, -0.2) is 22.4 Å². The number of urea groups is 1. The molecule has 0 spiro atoms. The maximum Gasteiger partial charge on any atom is 0.320 e. The highest BCUT2D eigenvalue weighted by atomic mass is 16.2. The topological polar surface area (TPSA) is 59.0 Å². The molecule has 0 radical (unpaired) electrons. The molecule has 2 N–H and O–H groups in total. The third-order valence-electron chi connectivity index (χ3n) is 2.39. The SMILES string of the molecule is CCCNC(=O)Nc1ccn(-c2ccccc2)n1. The first-order valence-corrected chi connectivity index (χ1v) is 5.95. The van der Waals surface area contributed by atoms with Crippen molar-refractivity contribution in [1.29, 1.82) is 0 Å². The quantitative estimate of drug-likeness (QED) is 0.867. The highest BCUT2D eigenvalue weighted by Gasteiger charge is 2.04. The van der Waals surface area contributed by atoms with Crippen molar-refractivity contribution in [2.45, 2.75) is 13.3 Å². The van der Waals surface area contributed by atoms with Crippen LogP contribution in [0.2, 0.25) is 0 Å². The van der Waals surface area contributed by atoms with E-state index in [0.29, 0.717) is 12.4 Å². The summed E-state index contributed by atoms with van der Waals surface area (Å²) in [6.07, 6.45) is 2.72. The van der Waals surface area contributed by atoms with Crippen LogP contribution in [0.3, 0.4) is 0 Å². The van der Waals surface area contributed by atoms with Crippen LogP contribution < -0.4 is 10.6 Å². The molecule has 0 atom stereocenters. The largest absolute Gasteiger partial charge is 0.338 e. The fourth-order valence-electron chi connectivity index (χ4n) is 1.51. The molecule has 5 heteroatoms. The van der Waals surface area contributed by atoms with Gasteiger partial charge in [0.25, 0.3) is 0 Å². The van der Waals surface area contributed by atoms with Gasteiger partial charge in [-0.05, 0) is 18.6 Å². The Morgan fingerprint density at radius 3 is 2.78 bits per heavy atom. The van der Waals surface area contributed by atoms with Crippen molar-refractivity contribution < 1.29 is 4.79 Å². The van der Waals surface area contributed by atoms with Crippen LogP contribution in [0.1, 0.15) is 13.3 Å². The normalized spacial score (nSPS) is 10.1. The van der Waals surface area contributed by atoms with Gasteiger partial charge < -0.3 is 5.32 Å². The lowest BCUT2D eigenvalue weighted by atomic mass is 10.3. The van der Waals surface area contributed by atoms with Gasteiger partial charge in [0, 0.05) is 18.8 Å². The molecule has 1 aromatic carbocycles. The number of benzene rings is 1. The molecule has 94 valence electrons. The molecule has 2 aromatic rings.